The van der Waals surface area contributed by atoms with Gasteiger partial charge in [0.25, 0.3) is 0 Å². The maximum absolute atomic E-state index is 10.9. The van der Waals surface area contributed by atoms with Crippen LogP contribution in [0.25, 0.3) is 0 Å². The first-order valence-corrected chi connectivity index (χ1v) is 8.13. The van der Waals surface area contributed by atoms with Gasteiger partial charge in [-0.15, -0.1) is 0 Å². The first kappa shape index (κ1) is 12.8. The average Bonchev–Trinajstić information content (AvgIpc) is 2.11. The second-order valence-electron chi connectivity index (χ2n) is 3.85. The fraction of sp³-hybridized carbons (Fsp3) is 0.889. The van der Waals surface area contributed by atoms with Crippen LogP contribution < -0.4 is 5.32 Å². The minimum Gasteiger partial charge on any atom is -0.362 e. The Morgan fingerprint density at radius 1 is 1.60 bits per heavy atom. The fourth-order valence-corrected chi connectivity index (χ4v) is 3.04. The van der Waals surface area contributed by atoms with Crippen molar-refractivity contribution in [3.63, 3.8) is 0 Å². The van der Waals surface area contributed by atoms with E-state index in [9.17, 15) is 8.42 Å². The predicted molar refractivity (Wildman–Crippen MR) is 66.3 cm³/mol. The summed E-state index contributed by atoms with van der Waals surface area (Å²) in [7, 11) is -2.83. The molecule has 0 radical (unpaired) electrons. The summed E-state index contributed by atoms with van der Waals surface area (Å²) in [6.07, 6.45) is 3.03. The van der Waals surface area contributed by atoms with Gasteiger partial charge in [0.2, 0.25) is 0 Å². The molecule has 0 aromatic rings. The van der Waals surface area contributed by atoms with Crippen LogP contribution in [0.5, 0.6) is 0 Å². The molecule has 0 aromatic carbocycles. The van der Waals surface area contributed by atoms with Crippen LogP contribution in [0.2, 0.25) is 0 Å². The molecule has 0 aliphatic carbocycles. The van der Waals surface area contributed by atoms with Crippen LogP contribution in [0.4, 0.5) is 0 Å². The molecule has 0 saturated carbocycles. The van der Waals surface area contributed by atoms with E-state index < -0.39 is 9.84 Å². The highest BCUT2D eigenvalue weighted by molar-refractivity contribution is 8.13. The number of thioether (sulfide) groups is 1. The summed E-state index contributed by atoms with van der Waals surface area (Å²) in [4.78, 5) is 4.34. The summed E-state index contributed by atoms with van der Waals surface area (Å²) in [5.74, 6) is 1.32. The maximum Gasteiger partial charge on any atom is 0.156 e. The lowest BCUT2D eigenvalue weighted by Crippen LogP contribution is -2.35. The van der Waals surface area contributed by atoms with Crippen molar-refractivity contribution in [2.75, 3.05) is 24.3 Å². The lowest BCUT2D eigenvalue weighted by molar-refractivity contribution is 0.599. The average molecular weight is 250 g/mol. The molecule has 1 rings (SSSR count). The Kier molecular flexibility index (Phi) is 4.92. The van der Waals surface area contributed by atoms with Crippen molar-refractivity contribution in [1.29, 1.82) is 0 Å². The molecule has 1 unspecified atom stereocenters. The van der Waals surface area contributed by atoms with E-state index in [1.165, 1.54) is 6.26 Å². The van der Waals surface area contributed by atoms with Crippen LogP contribution in [-0.2, 0) is 9.84 Å². The lowest BCUT2D eigenvalue weighted by Gasteiger charge is -2.21. The molecule has 1 fully saturated rings. The molecule has 15 heavy (non-hydrogen) atoms. The van der Waals surface area contributed by atoms with Gasteiger partial charge in [-0.2, -0.15) is 0 Å². The number of nitrogens with one attached hydrogen (secondary N) is 1. The lowest BCUT2D eigenvalue weighted by atomic mass is 10.3. The Bertz CT molecular complexity index is 325. The van der Waals surface area contributed by atoms with Crippen molar-refractivity contribution in [2.24, 2.45) is 4.99 Å². The Hall–Kier alpha value is -0.230. The number of sulfone groups is 1. The van der Waals surface area contributed by atoms with Crippen molar-refractivity contribution in [3.05, 3.63) is 0 Å². The third-order valence-electron chi connectivity index (χ3n) is 2.09. The molecule has 1 saturated heterocycles. The number of hydrogen-bond acceptors (Lipinski definition) is 4. The summed E-state index contributed by atoms with van der Waals surface area (Å²) in [6.45, 7) is 2.72. The zero-order chi connectivity index (χ0) is 11.3. The molecule has 1 aliphatic rings. The summed E-state index contributed by atoms with van der Waals surface area (Å²) >= 11 is 1.71. The van der Waals surface area contributed by atoms with E-state index in [-0.39, 0.29) is 5.75 Å². The maximum atomic E-state index is 10.9. The van der Waals surface area contributed by atoms with Gasteiger partial charge in [0, 0.05) is 24.6 Å². The van der Waals surface area contributed by atoms with Crippen LogP contribution in [0.1, 0.15) is 19.8 Å². The molecule has 1 atom stereocenters. The molecule has 88 valence electrons. The van der Waals surface area contributed by atoms with E-state index in [0.717, 1.165) is 17.3 Å². The smallest absolute Gasteiger partial charge is 0.156 e. The molecule has 1 aliphatic heterocycles. The fourth-order valence-electron chi connectivity index (χ4n) is 1.26. The predicted octanol–water partition coefficient (Wildman–Crippen LogP) is 0.892. The largest absolute Gasteiger partial charge is 0.362 e. The van der Waals surface area contributed by atoms with E-state index in [1.807, 2.05) is 0 Å². The van der Waals surface area contributed by atoms with Crippen molar-refractivity contribution in [1.82, 2.24) is 5.32 Å². The Labute approximate surface area is 95.8 Å². The van der Waals surface area contributed by atoms with Crippen LogP contribution >= 0.6 is 11.8 Å². The van der Waals surface area contributed by atoms with Gasteiger partial charge in [0.1, 0.15) is 9.84 Å². The highest BCUT2D eigenvalue weighted by Gasteiger charge is 2.12. The Morgan fingerprint density at radius 3 is 2.93 bits per heavy atom. The van der Waals surface area contributed by atoms with Gasteiger partial charge in [-0.25, -0.2) is 8.42 Å². The molecule has 1 heterocycles. The van der Waals surface area contributed by atoms with Crippen molar-refractivity contribution in [3.8, 4) is 0 Å². The quantitative estimate of drug-likeness (QED) is 0.753. The monoisotopic (exact) mass is 250 g/mol. The number of aliphatic imine (C=N–C) groups is 1. The number of hydrogen-bond donors (Lipinski definition) is 1. The summed E-state index contributed by atoms with van der Waals surface area (Å²) in [5.41, 5.74) is 0. The molecule has 1 N–H and O–H groups in total. The summed E-state index contributed by atoms with van der Waals surface area (Å²) < 4.78 is 21.7. The van der Waals surface area contributed by atoms with Crippen molar-refractivity contribution in [2.45, 2.75) is 25.8 Å². The van der Waals surface area contributed by atoms with Crippen molar-refractivity contribution < 1.29 is 8.42 Å². The standard InChI is InChI=1S/C9H18N2O2S2/c1-8-4-6-14-9(11-8)10-5-3-7-15(2,12)13/h8H,3-7H2,1-2H3,(H,10,11). The normalized spacial score (nSPS) is 25.2. The molecular weight excluding hydrogens is 232 g/mol. The van der Waals surface area contributed by atoms with Crippen LogP contribution in [0.15, 0.2) is 4.99 Å². The van der Waals surface area contributed by atoms with E-state index in [0.29, 0.717) is 19.0 Å². The van der Waals surface area contributed by atoms with Gasteiger partial charge >= 0.3 is 0 Å². The molecule has 4 nitrogen and oxygen atoms in total. The second-order valence-corrected chi connectivity index (χ2v) is 7.20. The van der Waals surface area contributed by atoms with Gasteiger partial charge in [-0.3, -0.25) is 4.99 Å². The summed E-state index contributed by atoms with van der Waals surface area (Å²) in [5, 5.41) is 4.24. The number of nitrogens with zero attached hydrogens (tertiary/aromatic N) is 1. The minimum absolute atomic E-state index is 0.226. The van der Waals surface area contributed by atoms with Gasteiger partial charge in [-0.05, 0) is 19.8 Å². The zero-order valence-electron chi connectivity index (χ0n) is 9.19. The minimum atomic E-state index is -2.83. The second kappa shape index (κ2) is 5.75. The third kappa shape index (κ3) is 6.04. The van der Waals surface area contributed by atoms with E-state index >= 15 is 0 Å². The van der Waals surface area contributed by atoms with E-state index in [4.69, 9.17) is 0 Å². The van der Waals surface area contributed by atoms with Gasteiger partial charge < -0.3 is 5.32 Å². The van der Waals surface area contributed by atoms with Crippen LogP contribution in [0, 0.1) is 0 Å². The van der Waals surface area contributed by atoms with E-state index in [1.54, 1.807) is 11.8 Å². The first-order chi connectivity index (χ1) is 6.97. The molecule has 6 heteroatoms. The van der Waals surface area contributed by atoms with Crippen LogP contribution in [0.3, 0.4) is 0 Å². The SMILES string of the molecule is CC1CCSC(=NCCCS(C)(=O)=O)N1. The highest BCUT2D eigenvalue weighted by Crippen LogP contribution is 2.13. The highest BCUT2D eigenvalue weighted by atomic mass is 32.2. The Morgan fingerprint density at radius 2 is 2.33 bits per heavy atom. The molecule has 0 spiro atoms. The third-order valence-corrected chi connectivity index (χ3v) is 4.08. The topological polar surface area (TPSA) is 58.5 Å². The van der Waals surface area contributed by atoms with Crippen molar-refractivity contribution >= 4 is 26.8 Å². The van der Waals surface area contributed by atoms with Gasteiger partial charge in [0.15, 0.2) is 5.17 Å². The zero-order valence-corrected chi connectivity index (χ0v) is 10.8. The van der Waals surface area contributed by atoms with Gasteiger partial charge in [0.05, 0.1) is 5.75 Å². The number of amidine groups is 1. The molecule has 0 aromatic heterocycles. The number of rotatable bonds is 4. The first-order valence-electron chi connectivity index (χ1n) is 5.09. The van der Waals surface area contributed by atoms with E-state index in [2.05, 4.69) is 17.2 Å². The van der Waals surface area contributed by atoms with Crippen LogP contribution in [-0.4, -0.2) is 43.9 Å². The Balaban J connectivity index is 2.25. The molecule has 0 amide bonds. The van der Waals surface area contributed by atoms with Gasteiger partial charge in [-0.1, -0.05) is 11.8 Å². The molecule has 0 bridgehead atoms. The summed E-state index contributed by atoms with van der Waals surface area (Å²) in [6, 6.07) is 0.486. The molecular formula is C9H18N2O2S2.